The standard InChI is InChI=1S/C18H24N6O3/c1-13-8-16(22-12-21-13)24-6-2-4-14(11-24)23-18(26)20-10-17(25)19-9-15-5-3-7-27-15/h3,5,7-8,12,14H,2,4,6,9-11H2,1H3,(H,19,25)(H2,20,23,26). The first kappa shape index (κ1) is 18.7. The Hall–Kier alpha value is -3.10. The van der Waals surface area contributed by atoms with E-state index in [2.05, 4.69) is 30.8 Å². The van der Waals surface area contributed by atoms with Crippen molar-refractivity contribution < 1.29 is 14.0 Å². The highest BCUT2D eigenvalue weighted by molar-refractivity contribution is 5.83. The number of hydrogen-bond donors (Lipinski definition) is 3. The molecule has 0 aromatic carbocycles. The second-order valence-corrected chi connectivity index (χ2v) is 6.49. The molecule has 1 fully saturated rings. The number of hydrogen-bond acceptors (Lipinski definition) is 6. The van der Waals surface area contributed by atoms with Crippen LogP contribution in [0.2, 0.25) is 0 Å². The third-order valence-corrected chi connectivity index (χ3v) is 4.32. The number of anilines is 1. The van der Waals surface area contributed by atoms with E-state index in [1.807, 2.05) is 13.0 Å². The van der Waals surface area contributed by atoms with Gasteiger partial charge in [-0.25, -0.2) is 14.8 Å². The summed E-state index contributed by atoms with van der Waals surface area (Å²) in [5, 5.41) is 8.19. The molecular formula is C18H24N6O3. The van der Waals surface area contributed by atoms with Crippen molar-refractivity contribution in [3.63, 3.8) is 0 Å². The van der Waals surface area contributed by atoms with Gasteiger partial charge < -0.3 is 25.3 Å². The zero-order chi connectivity index (χ0) is 19.1. The Bertz CT molecular complexity index is 764. The van der Waals surface area contributed by atoms with Gasteiger partial charge in [0.1, 0.15) is 17.9 Å². The minimum absolute atomic E-state index is 0.000186. The van der Waals surface area contributed by atoms with Crippen molar-refractivity contribution in [2.24, 2.45) is 0 Å². The summed E-state index contributed by atoms with van der Waals surface area (Å²) < 4.78 is 5.14. The number of nitrogens with zero attached hydrogens (tertiary/aromatic N) is 3. The summed E-state index contributed by atoms with van der Waals surface area (Å²) in [6.07, 6.45) is 4.94. The van der Waals surface area contributed by atoms with Gasteiger partial charge in [-0.15, -0.1) is 0 Å². The largest absolute Gasteiger partial charge is 0.467 e. The molecule has 0 radical (unpaired) electrons. The van der Waals surface area contributed by atoms with Gasteiger partial charge in [0, 0.05) is 30.9 Å². The van der Waals surface area contributed by atoms with Crippen LogP contribution in [0.15, 0.2) is 35.2 Å². The van der Waals surface area contributed by atoms with Crippen LogP contribution in [0.3, 0.4) is 0 Å². The van der Waals surface area contributed by atoms with Gasteiger partial charge in [0.15, 0.2) is 0 Å². The van der Waals surface area contributed by atoms with Crippen LogP contribution in [0.5, 0.6) is 0 Å². The second-order valence-electron chi connectivity index (χ2n) is 6.49. The van der Waals surface area contributed by atoms with Crippen LogP contribution in [0, 0.1) is 6.92 Å². The van der Waals surface area contributed by atoms with Crippen molar-refractivity contribution >= 4 is 17.8 Å². The van der Waals surface area contributed by atoms with Gasteiger partial charge in [-0.1, -0.05) is 0 Å². The van der Waals surface area contributed by atoms with E-state index in [9.17, 15) is 9.59 Å². The Morgan fingerprint density at radius 3 is 3.00 bits per heavy atom. The molecule has 3 N–H and O–H groups in total. The number of aryl methyl sites for hydroxylation is 1. The number of carbonyl (C=O) groups excluding carboxylic acids is 2. The van der Waals surface area contributed by atoms with Crippen LogP contribution in [-0.2, 0) is 11.3 Å². The molecule has 0 aliphatic carbocycles. The molecule has 1 saturated heterocycles. The van der Waals surface area contributed by atoms with Crippen LogP contribution in [-0.4, -0.2) is 47.6 Å². The molecule has 1 unspecified atom stereocenters. The molecular weight excluding hydrogens is 348 g/mol. The van der Waals surface area contributed by atoms with E-state index < -0.39 is 0 Å². The van der Waals surface area contributed by atoms with E-state index in [-0.39, 0.29) is 24.5 Å². The van der Waals surface area contributed by atoms with Gasteiger partial charge in [0.2, 0.25) is 5.91 Å². The summed E-state index contributed by atoms with van der Waals surface area (Å²) >= 11 is 0. The highest BCUT2D eigenvalue weighted by Gasteiger charge is 2.22. The highest BCUT2D eigenvalue weighted by atomic mass is 16.3. The van der Waals surface area contributed by atoms with E-state index in [0.717, 1.165) is 30.9 Å². The first-order valence-corrected chi connectivity index (χ1v) is 8.97. The van der Waals surface area contributed by atoms with E-state index >= 15 is 0 Å². The second kappa shape index (κ2) is 9.02. The fraction of sp³-hybridized carbons (Fsp3) is 0.444. The molecule has 9 heteroatoms. The van der Waals surface area contributed by atoms with Crippen LogP contribution in [0.25, 0.3) is 0 Å². The summed E-state index contributed by atoms with van der Waals surface area (Å²) in [5.41, 5.74) is 0.911. The average molecular weight is 372 g/mol. The zero-order valence-corrected chi connectivity index (χ0v) is 15.3. The van der Waals surface area contributed by atoms with Gasteiger partial charge in [-0.3, -0.25) is 4.79 Å². The topological polar surface area (TPSA) is 112 Å². The van der Waals surface area contributed by atoms with Crippen molar-refractivity contribution in [2.75, 3.05) is 24.5 Å². The average Bonchev–Trinajstić information content (AvgIpc) is 3.18. The Kier molecular flexibility index (Phi) is 6.24. The van der Waals surface area contributed by atoms with Crippen molar-refractivity contribution in [3.05, 3.63) is 42.2 Å². The van der Waals surface area contributed by atoms with E-state index in [0.29, 0.717) is 18.8 Å². The smallest absolute Gasteiger partial charge is 0.315 e. The molecule has 0 spiro atoms. The minimum atomic E-state index is -0.353. The fourth-order valence-corrected chi connectivity index (χ4v) is 2.97. The molecule has 0 saturated carbocycles. The Labute approximate surface area is 157 Å². The van der Waals surface area contributed by atoms with Gasteiger partial charge in [0.25, 0.3) is 0 Å². The third-order valence-electron chi connectivity index (χ3n) is 4.32. The molecule has 3 rings (SSSR count). The molecule has 3 heterocycles. The number of nitrogens with one attached hydrogen (secondary N) is 3. The van der Waals surface area contributed by atoms with Gasteiger partial charge in [-0.2, -0.15) is 0 Å². The SMILES string of the molecule is Cc1cc(N2CCCC(NC(=O)NCC(=O)NCc3ccco3)C2)ncn1. The molecule has 2 aromatic rings. The van der Waals surface area contributed by atoms with Gasteiger partial charge >= 0.3 is 6.03 Å². The lowest BCUT2D eigenvalue weighted by molar-refractivity contribution is -0.120. The summed E-state index contributed by atoms with van der Waals surface area (Å²) in [5.74, 6) is 1.25. The van der Waals surface area contributed by atoms with Crippen molar-refractivity contribution in [3.8, 4) is 0 Å². The van der Waals surface area contributed by atoms with Crippen molar-refractivity contribution in [1.29, 1.82) is 0 Å². The monoisotopic (exact) mass is 372 g/mol. The Morgan fingerprint density at radius 1 is 1.33 bits per heavy atom. The predicted octanol–water partition coefficient (Wildman–Crippen LogP) is 0.962. The third kappa shape index (κ3) is 5.70. The van der Waals surface area contributed by atoms with Gasteiger partial charge in [0.05, 0.1) is 19.4 Å². The molecule has 2 aromatic heterocycles. The molecule has 27 heavy (non-hydrogen) atoms. The number of carbonyl (C=O) groups is 2. The molecule has 3 amide bonds. The van der Waals surface area contributed by atoms with Crippen LogP contribution in [0.4, 0.5) is 10.6 Å². The maximum absolute atomic E-state index is 12.1. The number of piperidine rings is 1. The summed E-state index contributed by atoms with van der Waals surface area (Å²) in [4.78, 5) is 34.4. The molecule has 0 bridgehead atoms. The van der Waals surface area contributed by atoms with Gasteiger partial charge in [-0.05, 0) is 31.9 Å². The number of amides is 3. The summed E-state index contributed by atoms with van der Waals surface area (Å²) in [6.45, 7) is 3.70. The summed E-state index contributed by atoms with van der Waals surface area (Å²) in [6, 6.07) is 5.11. The normalized spacial score (nSPS) is 16.6. The first-order valence-electron chi connectivity index (χ1n) is 8.97. The fourth-order valence-electron chi connectivity index (χ4n) is 2.97. The van der Waals surface area contributed by atoms with Crippen LogP contribution < -0.4 is 20.9 Å². The quantitative estimate of drug-likeness (QED) is 0.696. The lowest BCUT2D eigenvalue weighted by atomic mass is 10.1. The minimum Gasteiger partial charge on any atom is -0.467 e. The van der Waals surface area contributed by atoms with Crippen molar-refractivity contribution in [1.82, 2.24) is 25.9 Å². The maximum atomic E-state index is 12.1. The van der Waals surface area contributed by atoms with Crippen LogP contribution in [0.1, 0.15) is 24.3 Å². The Morgan fingerprint density at radius 2 is 2.22 bits per heavy atom. The highest BCUT2D eigenvalue weighted by Crippen LogP contribution is 2.17. The predicted molar refractivity (Wildman–Crippen MR) is 99.1 cm³/mol. The lowest BCUT2D eigenvalue weighted by Crippen LogP contribution is -2.52. The van der Waals surface area contributed by atoms with Crippen molar-refractivity contribution in [2.45, 2.75) is 32.4 Å². The maximum Gasteiger partial charge on any atom is 0.315 e. The number of aromatic nitrogens is 2. The summed E-state index contributed by atoms with van der Waals surface area (Å²) in [7, 11) is 0. The molecule has 1 aliphatic heterocycles. The molecule has 1 atom stereocenters. The van der Waals surface area contributed by atoms with Crippen LogP contribution >= 0.6 is 0 Å². The van der Waals surface area contributed by atoms with E-state index in [4.69, 9.17) is 4.42 Å². The number of rotatable bonds is 6. The Balaban J connectivity index is 1.40. The zero-order valence-electron chi connectivity index (χ0n) is 15.3. The van der Waals surface area contributed by atoms with E-state index in [1.54, 1.807) is 24.7 Å². The lowest BCUT2D eigenvalue weighted by Gasteiger charge is -2.33. The number of furan rings is 1. The van der Waals surface area contributed by atoms with E-state index in [1.165, 1.54) is 0 Å². The molecule has 144 valence electrons. The molecule has 1 aliphatic rings. The number of urea groups is 1. The molecule has 9 nitrogen and oxygen atoms in total. The first-order chi connectivity index (χ1) is 13.1.